The quantitative estimate of drug-likeness (QED) is 0.670. The van der Waals surface area contributed by atoms with Gasteiger partial charge >= 0.3 is 0 Å². The fourth-order valence-electron chi connectivity index (χ4n) is 1.84. The standard InChI is InChI=1S/C13H29N3O/c1-7-8-14-12(17)11(2)15-9-13(3,4)10-16(5)6/h11,15H,7-10H2,1-6H3,(H,14,17). The normalized spacial score (nSPS) is 13.8. The van der Waals surface area contributed by atoms with Crippen LogP contribution in [0.15, 0.2) is 0 Å². The van der Waals surface area contributed by atoms with Crippen molar-refractivity contribution in [3.8, 4) is 0 Å². The van der Waals surface area contributed by atoms with Crippen LogP contribution in [0.1, 0.15) is 34.1 Å². The van der Waals surface area contributed by atoms with E-state index in [1.54, 1.807) is 0 Å². The van der Waals surface area contributed by atoms with E-state index in [0.717, 1.165) is 26.1 Å². The second-order valence-electron chi connectivity index (χ2n) is 5.80. The van der Waals surface area contributed by atoms with E-state index in [1.165, 1.54) is 0 Å². The number of nitrogens with zero attached hydrogens (tertiary/aromatic N) is 1. The molecule has 1 atom stereocenters. The minimum Gasteiger partial charge on any atom is -0.355 e. The van der Waals surface area contributed by atoms with E-state index in [1.807, 2.05) is 6.92 Å². The van der Waals surface area contributed by atoms with E-state index in [9.17, 15) is 4.79 Å². The van der Waals surface area contributed by atoms with Crippen molar-refractivity contribution in [1.29, 1.82) is 0 Å². The maximum absolute atomic E-state index is 11.7. The van der Waals surface area contributed by atoms with Crippen LogP contribution in [0, 0.1) is 5.41 Å². The van der Waals surface area contributed by atoms with Gasteiger partial charge in [0, 0.05) is 19.6 Å². The largest absolute Gasteiger partial charge is 0.355 e. The number of hydrogen-bond acceptors (Lipinski definition) is 3. The molecule has 0 fully saturated rings. The van der Waals surface area contributed by atoms with Crippen molar-refractivity contribution in [2.24, 2.45) is 5.41 Å². The highest BCUT2D eigenvalue weighted by molar-refractivity contribution is 5.81. The van der Waals surface area contributed by atoms with Crippen LogP contribution in [0.5, 0.6) is 0 Å². The zero-order chi connectivity index (χ0) is 13.5. The van der Waals surface area contributed by atoms with Crippen molar-refractivity contribution in [2.75, 3.05) is 33.7 Å². The number of amides is 1. The highest BCUT2D eigenvalue weighted by Crippen LogP contribution is 2.14. The van der Waals surface area contributed by atoms with Crippen molar-refractivity contribution in [2.45, 2.75) is 40.2 Å². The van der Waals surface area contributed by atoms with E-state index >= 15 is 0 Å². The van der Waals surface area contributed by atoms with Crippen LogP contribution >= 0.6 is 0 Å². The lowest BCUT2D eigenvalue weighted by Crippen LogP contribution is -2.47. The Labute approximate surface area is 106 Å². The van der Waals surface area contributed by atoms with Crippen LogP contribution in [0.4, 0.5) is 0 Å². The van der Waals surface area contributed by atoms with Gasteiger partial charge in [0.2, 0.25) is 5.91 Å². The fourth-order valence-corrected chi connectivity index (χ4v) is 1.84. The molecule has 0 aromatic heterocycles. The third-order valence-electron chi connectivity index (χ3n) is 2.57. The molecule has 0 saturated carbocycles. The molecular formula is C13H29N3O. The van der Waals surface area contributed by atoms with Gasteiger partial charge in [-0.05, 0) is 32.9 Å². The maximum atomic E-state index is 11.7. The maximum Gasteiger partial charge on any atom is 0.236 e. The first-order chi connectivity index (χ1) is 7.78. The Kier molecular flexibility index (Phi) is 7.39. The van der Waals surface area contributed by atoms with Crippen molar-refractivity contribution in [1.82, 2.24) is 15.5 Å². The van der Waals surface area contributed by atoms with Gasteiger partial charge in [-0.3, -0.25) is 4.79 Å². The molecule has 102 valence electrons. The molecule has 0 spiro atoms. The Balaban J connectivity index is 3.97. The molecule has 0 aliphatic heterocycles. The molecule has 0 radical (unpaired) electrons. The molecule has 4 heteroatoms. The van der Waals surface area contributed by atoms with Gasteiger partial charge in [-0.15, -0.1) is 0 Å². The van der Waals surface area contributed by atoms with Crippen LogP contribution in [0.25, 0.3) is 0 Å². The highest BCUT2D eigenvalue weighted by atomic mass is 16.2. The third-order valence-corrected chi connectivity index (χ3v) is 2.57. The molecule has 2 N–H and O–H groups in total. The Morgan fingerprint density at radius 1 is 1.35 bits per heavy atom. The van der Waals surface area contributed by atoms with Gasteiger partial charge in [0.05, 0.1) is 6.04 Å². The summed E-state index contributed by atoms with van der Waals surface area (Å²) in [5.74, 6) is 0.0903. The van der Waals surface area contributed by atoms with Gasteiger partial charge in [-0.2, -0.15) is 0 Å². The van der Waals surface area contributed by atoms with Gasteiger partial charge < -0.3 is 15.5 Å². The first-order valence-corrected chi connectivity index (χ1v) is 6.44. The van der Waals surface area contributed by atoms with Crippen molar-refractivity contribution in [3.63, 3.8) is 0 Å². The monoisotopic (exact) mass is 243 g/mol. The molecule has 0 aromatic rings. The Hall–Kier alpha value is -0.610. The lowest BCUT2D eigenvalue weighted by atomic mass is 9.92. The van der Waals surface area contributed by atoms with Gasteiger partial charge in [0.25, 0.3) is 0 Å². The van der Waals surface area contributed by atoms with Gasteiger partial charge in [0.15, 0.2) is 0 Å². The van der Waals surface area contributed by atoms with Crippen LogP contribution in [0.3, 0.4) is 0 Å². The number of rotatable bonds is 8. The summed E-state index contributed by atoms with van der Waals surface area (Å²) < 4.78 is 0. The molecule has 1 amide bonds. The molecule has 0 aliphatic carbocycles. The molecule has 0 rings (SSSR count). The molecule has 0 aromatic carbocycles. The summed E-state index contributed by atoms with van der Waals surface area (Å²) in [4.78, 5) is 13.8. The SMILES string of the molecule is CCCNC(=O)C(C)NCC(C)(C)CN(C)C. The lowest BCUT2D eigenvalue weighted by molar-refractivity contribution is -0.122. The summed E-state index contributed by atoms with van der Waals surface area (Å²) in [5, 5.41) is 6.20. The molecule has 0 heterocycles. The number of hydrogen-bond donors (Lipinski definition) is 2. The second kappa shape index (κ2) is 7.67. The summed E-state index contributed by atoms with van der Waals surface area (Å²) in [6.07, 6.45) is 0.977. The van der Waals surface area contributed by atoms with E-state index in [4.69, 9.17) is 0 Å². The van der Waals surface area contributed by atoms with E-state index in [2.05, 4.69) is 50.4 Å². The molecule has 0 saturated heterocycles. The van der Waals surface area contributed by atoms with Gasteiger partial charge in [-0.25, -0.2) is 0 Å². The molecule has 0 bridgehead atoms. The first kappa shape index (κ1) is 16.4. The topological polar surface area (TPSA) is 44.4 Å². The van der Waals surface area contributed by atoms with Crippen molar-refractivity contribution < 1.29 is 4.79 Å². The zero-order valence-corrected chi connectivity index (χ0v) is 12.3. The lowest BCUT2D eigenvalue weighted by Gasteiger charge is -2.29. The smallest absolute Gasteiger partial charge is 0.236 e. The predicted octanol–water partition coefficient (Wildman–Crippen LogP) is 1.08. The third kappa shape index (κ3) is 8.16. The zero-order valence-electron chi connectivity index (χ0n) is 12.3. The van der Waals surface area contributed by atoms with Crippen LogP contribution < -0.4 is 10.6 Å². The minimum absolute atomic E-state index is 0.0903. The Morgan fingerprint density at radius 2 is 1.94 bits per heavy atom. The summed E-state index contributed by atoms with van der Waals surface area (Å²) in [5.41, 5.74) is 0.169. The molecule has 4 nitrogen and oxygen atoms in total. The van der Waals surface area contributed by atoms with Gasteiger partial charge in [-0.1, -0.05) is 20.8 Å². The predicted molar refractivity (Wildman–Crippen MR) is 73.1 cm³/mol. The van der Waals surface area contributed by atoms with E-state index in [-0.39, 0.29) is 17.4 Å². The van der Waals surface area contributed by atoms with Crippen LogP contribution in [-0.2, 0) is 4.79 Å². The average Bonchev–Trinajstić information content (AvgIpc) is 2.20. The van der Waals surface area contributed by atoms with Crippen molar-refractivity contribution >= 4 is 5.91 Å². The summed E-state index contributed by atoms with van der Waals surface area (Å²) in [6, 6.07) is -0.122. The van der Waals surface area contributed by atoms with Gasteiger partial charge in [0.1, 0.15) is 0 Å². The fraction of sp³-hybridized carbons (Fsp3) is 0.923. The number of nitrogens with one attached hydrogen (secondary N) is 2. The molecular weight excluding hydrogens is 214 g/mol. The molecule has 1 unspecified atom stereocenters. The average molecular weight is 243 g/mol. The Bertz CT molecular complexity index is 227. The van der Waals surface area contributed by atoms with Crippen LogP contribution in [0.2, 0.25) is 0 Å². The second-order valence-corrected chi connectivity index (χ2v) is 5.80. The summed E-state index contributed by atoms with van der Waals surface area (Å²) in [7, 11) is 4.14. The van der Waals surface area contributed by atoms with Crippen molar-refractivity contribution in [3.05, 3.63) is 0 Å². The Morgan fingerprint density at radius 3 is 2.41 bits per heavy atom. The summed E-state index contributed by atoms with van der Waals surface area (Å²) in [6.45, 7) is 11.0. The van der Waals surface area contributed by atoms with Crippen LogP contribution in [-0.4, -0.2) is 50.6 Å². The minimum atomic E-state index is -0.122. The number of carbonyl (C=O) groups is 1. The first-order valence-electron chi connectivity index (χ1n) is 6.44. The molecule has 0 aliphatic rings. The number of carbonyl (C=O) groups excluding carboxylic acids is 1. The van der Waals surface area contributed by atoms with E-state index < -0.39 is 0 Å². The van der Waals surface area contributed by atoms with E-state index in [0.29, 0.717) is 0 Å². The molecule has 17 heavy (non-hydrogen) atoms. The highest BCUT2D eigenvalue weighted by Gasteiger charge is 2.21. The summed E-state index contributed by atoms with van der Waals surface area (Å²) >= 11 is 0.